The fourth-order valence-electron chi connectivity index (χ4n) is 1.88. The van der Waals surface area contributed by atoms with E-state index >= 15 is 0 Å². The monoisotopic (exact) mass is 307 g/mol. The number of methoxy groups -OCH3 is 1. The Morgan fingerprint density at radius 1 is 1.15 bits per heavy atom. The molecule has 0 saturated carbocycles. The first-order valence-electron chi connectivity index (χ1n) is 6.55. The molecule has 1 N–H and O–H groups in total. The van der Waals surface area contributed by atoms with Crippen molar-refractivity contribution in [3.8, 4) is 5.75 Å². The lowest BCUT2D eigenvalue weighted by molar-refractivity contribution is 0.405. The maximum Gasteiger partial charge on any atom is 0.132 e. The Morgan fingerprint density at radius 3 is 2.70 bits per heavy atom. The number of hydrogen-bond donors (Lipinski definition) is 1. The maximum absolute atomic E-state index is 6.36. The number of halogens is 1. The predicted molar refractivity (Wildman–Crippen MR) is 85.9 cm³/mol. The van der Waals surface area contributed by atoms with Crippen LogP contribution in [0.3, 0.4) is 0 Å². The fourth-order valence-corrected chi connectivity index (χ4v) is 3.24. The Hall–Kier alpha value is -1.16. The summed E-state index contributed by atoms with van der Waals surface area (Å²) in [6, 6.07) is 14.0. The van der Waals surface area contributed by atoms with Crippen LogP contribution in [0.15, 0.2) is 52.3 Å². The van der Waals surface area contributed by atoms with Gasteiger partial charge in [-0.3, -0.25) is 0 Å². The Balaban J connectivity index is 2.32. The van der Waals surface area contributed by atoms with Crippen molar-refractivity contribution >= 4 is 23.4 Å². The highest BCUT2D eigenvalue weighted by Crippen LogP contribution is 2.40. The Labute approximate surface area is 129 Å². The van der Waals surface area contributed by atoms with E-state index in [1.54, 1.807) is 18.9 Å². The highest BCUT2D eigenvalue weighted by Gasteiger charge is 2.11. The van der Waals surface area contributed by atoms with Gasteiger partial charge < -0.3 is 10.1 Å². The number of nitrogens with one attached hydrogen (secondary N) is 1. The van der Waals surface area contributed by atoms with E-state index in [9.17, 15) is 0 Å². The minimum absolute atomic E-state index is 0.774. The number of ether oxygens (including phenoxy) is 1. The van der Waals surface area contributed by atoms with Crippen LogP contribution >= 0.6 is 23.4 Å². The van der Waals surface area contributed by atoms with Crippen LogP contribution in [-0.2, 0) is 6.54 Å². The molecule has 0 atom stereocenters. The number of hydrogen-bond acceptors (Lipinski definition) is 3. The van der Waals surface area contributed by atoms with Gasteiger partial charge in [0.15, 0.2) is 0 Å². The summed E-state index contributed by atoms with van der Waals surface area (Å²) in [6.07, 6.45) is 0. The van der Waals surface area contributed by atoms with Crippen molar-refractivity contribution in [2.24, 2.45) is 0 Å². The zero-order valence-corrected chi connectivity index (χ0v) is 13.2. The van der Waals surface area contributed by atoms with Gasteiger partial charge in [0.05, 0.1) is 17.0 Å². The summed E-state index contributed by atoms with van der Waals surface area (Å²) in [5.74, 6) is 0.867. The lowest BCUT2D eigenvalue weighted by Crippen LogP contribution is -2.12. The van der Waals surface area contributed by atoms with E-state index in [0.717, 1.165) is 33.7 Å². The molecule has 0 radical (unpaired) electrons. The molecular formula is C16H18ClNOS. The van der Waals surface area contributed by atoms with Gasteiger partial charge in [-0.2, -0.15) is 0 Å². The Bertz CT molecular complexity index is 574. The average molecular weight is 308 g/mol. The van der Waals surface area contributed by atoms with Gasteiger partial charge >= 0.3 is 0 Å². The van der Waals surface area contributed by atoms with Crippen molar-refractivity contribution < 1.29 is 4.74 Å². The molecule has 0 aromatic heterocycles. The normalized spacial score (nSPS) is 10.6. The lowest BCUT2D eigenvalue weighted by atomic mass is 10.2. The molecule has 2 rings (SSSR count). The third kappa shape index (κ3) is 3.69. The van der Waals surface area contributed by atoms with Gasteiger partial charge in [0.2, 0.25) is 0 Å². The van der Waals surface area contributed by atoms with Gasteiger partial charge in [-0.15, -0.1) is 0 Å². The van der Waals surface area contributed by atoms with E-state index in [1.165, 1.54) is 5.56 Å². The van der Waals surface area contributed by atoms with Crippen LogP contribution in [0.25, 0.3) is 0 Å². The summed E-state index contributed by atoms with van der Waals surface area (Å²) in [4.78, 5) is 2.15. The van der Waals surface area contributed by atoms with Crippen LogP contribution in [0, 0.1) is 0 Å². The van der Waals surface area contributed by atoms with Crippen LogP contribution in [0.5, 0.6) is 5.75 Å². The van der Waals surface area contributed by atoms with Crippen molar-refractivity contribution in [1.29, 1.82) is 0 Å². The van der Waals surface area contributed by atoms with Gasteiger partial charge in [-0.05, 0) is 30.3 Å². The van der Waals surface area contributed by atoms with E-state index < -0.39 is 0 Å². The summed E-state index contributed by atoms with van der Waals surface area (Å²) in [5, 5.41) is 4.12. The number of benzene rings is 2. The minimum Gasteiger partial charge on any atom is -0.496 e. The summed E-state index contributed by atoms with van der Waals surface area (Å²) in [6.45, 7) is 3.84. The van der Waals surface area contributed by atoms with E-state index in [4.69, 9.17) is 16.3 Å². The molecule has 0 bridgehead atoms. The second kappa shape index (κ2) is 7.58. The average Bonchev–Trinajstić information content (AvgIpc) is 2.48. The van der Waals surface area contributed by atoms with Crippen LogP contribution in [0.4, 0.5) is 0 Å². The molecular weight excluding hydrogens is 290 g/mol. The van der Waals surface area contributed by atoms with Crippen molar-refractivity contribution in [2.75, 3.05) is 13.7 Å². The van der Waals surface area contributed by atoms with Crippen molar-refractivity contribution in [3.05, 3.63) is 53.1 Å². The number of rotatable bonds is 6. The molecule has 0 unspecified atom stereocenters. The quantitative estimate of drug-likeness (QED) is 0.842. The van der Waals surface area contributed by atoms with Gasteiger partial charge in [-0.25, -0.2) is 0 Å². The summed E-state index contributed by atoms with van der Waals surface area (Å²) in [7, 11) is 1.69. The number of para-hydroxylation sites is 1. The molecule has 0 aliphatic heterocycles. The van der Waals surface area contributed by atoms with Crippen LogP contribution in [-0.4, -0.2) is 13.7 Å². The van der Waals surface area contributed by atoms with Gasteiger partial charge in [0.1, 0.15) is 5.75 Å². The standard InChI is InChI=1S/C16H18ClNOS/c1-3-18-11-12-7-6-8-13(17)16(12)20-15-10-5-4-9-14(15)19-2/h4-10,18H,3,11H2,1-2H3. The molecule has 20 heavy (non-hydrogen) atoms. The maximum atomic E-state index is 6.36. The van der Waals surface area contributed by atoms with Crippen LogP contribution in [0.2, 0.25) is 5.02 Å². The molecule has 2 nitrogen and oxygen atoms in total. The molecule has 0 fully saturated rings. The third-order valence-electron chi connectivity index (χ3n) is 2.90. The van der Waals surface area contributed by atoms with Crippen molar-refractivity contribution in [1.82, 2.24) is 5.32 Å². The van der Waals surface area contributed by atoms with Gasteiger partial charge in [0, 0.05) is 11.4 Å². The summed E-state index contributed by atoms with van der Waals surface area (Å²) >= 11 is 8.01. The van der Waals surface area contributed by atoms with E-state index in [2.05, 4.69) is 18.3 Å². The van der Waals surface area contributed by atoms with Gasteiger partial charge in [0.25, 0.3) is 0 Å². The predicted octanol–water partition coefficient (Wildman–Crippen LogP) is 4.61. The Morgan fingerprint density at radius 2 is 1.95 bits per heavy atom. The molecule has 0 heterocycles. The van der Waals surface area contributed by atoms with Crippen molar-refractivity contribution in [2.45, 2.75) is 23.3 Å². The SMILES string of the molecule is CCNCc1cccc(Cl)c1Sc1ccccc1OC. The minimum atomic E-state index is 0.774. The largest absolute Gasteiger partial charge is 0.496 e. The molecule has 0 aliphatic rings. The molecule has 4 heteroatoms. The van der Waals surface area contributed by atoms with E-state index in [1.807, 2.05) is 36.4 Å². The third-order valence-corrected chi connectivity index (χ3v) is 4.57. The smallest absolute Gasteiger partial charge is 0.132 e. The molecule has 2 aromatic carbocycles. The molecule has 0 spiro atoms. The molecule has 0 saturated heterocycles. The van der Waals surface area contributed by atoms with Crippen LogP contribution < -0.4 is 10.1 Å². The Kier molecular flexibility index (Phi) is 5.77. The first-order chi connectivity index (χ1) is 9.76. The topological polar surface area (TPSA) is 21.3 Å². The second-order valence-corrected chi connectivity index (χ2v) is 5.72. The highest BCUT2D eigenvalue weighted by molar-refractivity contribution is 7.99. The first kappa shape index (κ1) is 15.2. The molecule has 0 amide bonds. The zero-order chi connectivity index (χ0) is 14.4. The zero-order valence-electron chi connectivity index (χ0n) is 11.7. The summed E-state index contributed by atoms with van der Waals surface area (Å²) < 4.78 is 5.40. The molecule has 0 aliphatic carbocycles. The highest BCUT2D eigenvalue weighted by atomic mass is 35.5. The summed E-state index contributed by atoms with van der Waals surface area (Å²) in [5.41, 5.74) is 1.20. The molecule has 106 valence electrons. The first-order valence-corrected chi connectivity index (χ1v) is 7.74. The lowest BCUT2D eigenvalue weighted by Gasteiger charge is -2.13. The van der Waals surface area contributed by atoms with E-state index in [-0.39, 0.29) is 0 Å². The fraction of sp³-hybridized carbons (Fsp3) is 0.250. The van der Waals surface area contributed by atoms with Crippen molar-refractivity contribution in [3.63, 3.8) is 0 Å². The van der Waals surface area contributed by atoms with E-state index in [0.29, 0.717) is 0 Å². The molecule has 2 aromatic rings. The van der Waals surface area contributed by atoms with Gasteiger partial charge in [-0.1, -0.05) is 54.6 Å². The second-order valence-electron chi connectivity index (χ2n) is 4.26. The van der Waals surface area contributed by atoms with Crippen LogP contribution in [0.1, 0.15) is 12.5 Å².